The van der Waals surface area contributed by atoms with E-state index in [0.29, 0.717) is 0 Å². The van der Waals surface area contributed by atoms with Crippen LogP contribution in [0.15, 0.2) is 0 Å². The summed E-state index contributed by atoms with van der Waals surface area (Å²) in [5.74, 6) is -2.43. The first kappa shape index (κ1) is 22.7. The summed E-state index contributed by atoms with van der Waals surface area (Å²) in [6.45, 7) is 6.55. The number of amides is 2. The van der Waals surface area contributed by atoms with Gasteiger partial charge in [-0.2, -0.15) is 0 Å². The van der Waals surface area contributed by atoms with Gasteiger partial charge in [-0.15, -0.1) is 0 Å². The number of esters is 1. The van der Waals surface area contributed by atoms with Gasteiger partial charge < -0.3 is 24.8 Å². The minimum absolute atomic E-state index is 0.181. The Kier molecular flexibility index (Phi) is 8.52. The summed E-state index contributed by atoms with van der Waals surface area (Å²) in [6, 6.07) is -1.51. The summed E-state index contributed by atoms with van der Waals surface area (Å²) in [5.41, 5.74) is -0.795. The Labute approximate surface area is 159 Å². The number of aliphatic carboxylic acids is 1. The molecule has 2 amide bonds. The van der Waals surface area contributed by atoms with Gasteiger partial charge in [0.05, 0.1) is 13.0 Å². The molecule has 0 aromatic carbocycles. The Hall–Kier alpha value is -2.32. The van der Waals surface area contributed by atoms with Crippen LogP contribution in [0, 0.1) is 0 Å². The molecule has 1 aliphatic rings. The van der Waals surface area contributed by atoms with Crippen LogP contribution in [0.25, 0.3) is 0 Å². The van der Waals surface area contributed by atoms with Gasteiger partial charge in [0.25, 0.3) is 0 Å². The van der Waals surface area contributed by atoms with Crippen molar-refractivity contribution in [2.75, 3.05) is 13.2 Å². The third kappa shape index (κ3) is 8.27. The Balaban J connectivity index is 2.96. The summed E-state index contributed by atoms with van der Waals surface area (Å²) >= 11 is 0. The molecular formula is C18H30N2O7. The van der Waals surface area contributed by atoms with E-state index in [-0.39, 0.29) is 19.2 Å². The van der Waals surface area contributed by atoms with Crippen LogP contribution in [-0.4, -0.2) is 64.8 Å². The van der Waals surface area contributed by atoms with E-state index < -0.39 is 42.0 Å². The first-order valence-corrected chi connectivity index (χ1v) is 9.21. The van der Waals surface area contributed by atoms with E-state index in [9.17, 15) is 19.2 Å². The second-order valence-corrected chi connectivity index (χ2v) is 7.51. The maximum Gasteiger partial charge on any atom is 0.408 e. The molecule has 0 radical (unpaired) electrons. The van der Waals surface area contributed by atoms with Gasteiger partial charge >= 0.3 is 18.0 Å². The number of ether oxygens (including phenoxy) is 2. The van der Waals surface area contributed by atoms with E-state index in [4.69, 9.17) is 14.6 Å². The Morgan fingerprint density at radius 3 is 2.26 bits per heavy atom. The van der Waals surface area contributed by atoms with Gasteiger partial charge in [-0.25, -0.2) is 4.79 Å². The van der Waals surface area contributed by atoms with Crippen LogP contribution in [0.4, 0.5) is 4.79 Å². The molecular weight excluding hydrogens is 356 g/mol. The number of carbonyl (C=O) groups is 4. The second-order valence-electron chi connectivity index (χ2n) is 7.51. The molecule has 1 rings (SSSR count). The summed E-state index contributed by atoms with van der Waals surface area (Å²) in [5, 5.41) is 11.5. The van der Waals surface area contributed by atoms with E-state index in [2.05, 4.69) is 5.32 Å². The normalized spacial score (nSPS) is 15.7. The smallest absolute Gasteiger partial charge is 0.408 e. The third-order valence-corrected chi connectivity index (χ3v) is 4.02. The van der Waals surface area contributed by atoms with Crippen LogP contribution in [-0.2, 0) is 23.9 Å². The lowest BCUT2D eigenvalue weighted by atomic mass is 10.1. The zero-order valence-corrected chi connectivity index (χ0v) is 16.4. The largest absolute Gasteiger partial charge is 0.481 e. The molecule has 27 heavy (non-hydrogen) atoms. The first-order chi connectivity index (χ1) is 12.5. The van der Waals surface area contributed by atoms with Crippen molar-refractivity contribution in [1.82, 2.24) is 10.2 Å². The van der Waals surface area contributed by atoms with Crippen molar-refractivity contribution in [3.63, 3.8) is 0 Å². The second kappa shape index (κ2) is 10.1. The number of carbonyl (C=O) groups excluding carboxylic acids is 3. The van der Waals surface area contributed by atoms with Crippen LogP contribution < -0.4 is 5.32 Å². The van der Waals surface area contributed by atoms with Crippen LogP contribution in [0.5, 0.6) is 0 Å². The molecule has 9 nitrogen and oxygen atoms in total. The molecule has 2 N–H and O–H groups in total. The molecule has 0 spiro atoms. The number of hydrogen-bond acceptors (Lipinski definition) is 6. The van der Waals surface area contributed by atoms with Crippen molar-refractivity contribution in [1.29, 1.82) is 0 Å². The summed E-state index contributed by atoms with van der Waals surface area (Å²) in [4.78, 5) is 49.5. The molecule has 0 aliphatic heterocycles. The van der Waals surface area contributed by atoms with E-state index >= 15 is 0 Å². The highest BCUT2D eigenvalue weighted by molar-refractivity contribution is 5.91. The highest BCUT2D eigenvalue weighted by atomic mass is 16.6. The van der Waals surface area contributed by atoms with Gasteiger partial charge in [0.2, 0.25) is 5.91 Å². The molecule has 0 aromatic heterocycles. The predicted octanol–water partition coefficient (Wildman–Crippen LogP) is 1.69. The summed E-state index contributed by atoms with van der Waals surface area (Å²) in [6.07, 6.45) is 1.78. The molecule has 1 saturated carbocycles. The van der Waals surface area contributed by atoms with E-state index in [1.54, 1.807) is 27.7 Å². The van der Waals surface area contributed by atoms with E-state index in [1.807, 2.05) is 0 Å². The van der Waals surface area contributed by atoms with Crippen molar-refractivity contribution in [3.05, 3.63) is 0 Å². The van der Waals surface area contributed by atoms with Crippen molar-refractivity contribution in [2.45, 2.75) is 77.5 Å². The SMILES string of the molecule is CCOC(=O)CN(C(=O)[C@H](CC(=O)O)NC(=O)OC(C)(C)C)C1CCCC1. The molecule has 154 valence electrons. The zero-order valence-electron chi connectivity index (χ0n) is 16.4. The number of nitrogens with zero attached hydrogens (tertiary/aromatic N) is 1. The molecule has 0 bridgehead atoms. The maximum absolute atomic E-state index is 13.0. The van der Waals surface area contributed by atoms with Crippen molar-refractivity contribution in [2.24, 2.45) is 0 Å². The summed E-state index contributed by atoms with van der Waals surface area (Å²) in [7, 11) is 0. The van der Waals surface area contributed by atoms with Crippen molar-refractivity contribution in [3.8, 4) is 0 Å². The molecule has 1 fully saturated rings. The average Bonchev–Trinajstić information content (AvgIpc) is 3.03. The highest BCUT2D eigenvalue weighted by Gasteiger charge is 2.35. The number of hydrogen-bond donors (Lipinski definition) is 2. The van der Waals surface area contributed by atoms with Crippen LogP contribution in [0.1, 0.15) is 59.8 Å². The highest BCUT2D eigenvalue weighted by Crippen LogP contribution is 2.24. The molecule has 1 atom stereocenters. The lowest BCUT2D eigenvalue weighted by Gasteiger charge is -2.31. The van der Waals surface area contributed by atoms with Gasteiger partial charge in [0.1, 0.15) is 18.2 Å². The van der Waals surface area contributed by atoms with Crippen LogP contribution in [0.2, 0.25) is 0 Å². The Morgan fingerprint density at radius 1 is 1.19 bits per heavy atom. The molecule has 0 saturated heterocycles. The minimum atomic E-state index is -1.33. The molecule has 9 heteroatoms. The monoisotopic (exact) mass is 386 g/mol. The number of nitrogens with one attached hydrogen (secondary N) is 1. The molecule has 0 heterocycles. The number of rotatable bonds is 8. The van der Waals surface area contributed by atoms with Crippen LogP contribution in [0.3, 0.4) is 0 Å². The predicted molar refractivity (Wildman–Crippen MR) is 96.0 cm³/mol. The van der Waals surface area contributed by atoms with Crippen molar-refractivity contribution < 1.29 is 33.8 Å². The number of carboxylic acid groups (broad SMARTS) is 1. The van der Waals surface area contributed by atoms with E-state index in [0.717, 1.165) is 25.7 Å². The fourth-order valence-electron chi connectivity index (χ4n) is 2.97. The van der Waals surface area contributed by atoms with E-state index in [1.165, 1.54) is 4.90 Å². The van der Waals surface area contributed by atoms with Gasteiger partial charge in [-0.1, -0.05) is 12.8 Å². The Morgan fingerprint density at radius 2 is 1.78 bits per heavy atom. The fraction of sp³-hybridized carbons (Fsp3) is 0.778. The van der Waals surface area contributed by atoms with Gasteiger partial charge in [0, 0.05) is 6.04 Å². The lowest BCUT2D eigenvalue weighted by molar-refractivity contribution is -0.152. The first-order valence-electron chi connectivity index (χ1n) is 9.21. The van der Waals surface area contributed by atoms with Gasteiger partial charge in [-0.05, 0) is 40.5 Å². The average molecular weight is 386 g/mol. The topological polar surface area (TPSA) is 122 Å². The van der Waals surface area contributed by atoms with Crippen LogP contribution >= 0.6 is 0 Å². The number of alkyl carbamates (subject to hydrolysis) is 1. The summed E-state index contributed by atoms with van der Waals surface area (Å²) < 4.78 is 10.0. The molecule has 0 aromatic rings. The van der Waals surface area contributed by atoms with Gasteiger partial charge in [-0.3, -0.25) is 14.4 Å². The standard InChI is InChI=1S/C18H30N2O7/c1-5-26-15(23)11-20(12-8-6-7-9-12)16(24)13(10-14(21)22)19-17(25)27-18(2,3)4/h12-13H,5-11H2,1-4H3,(H,19,25)(H,21,22)/t13-/m0/s1. The zero-order chi connectivity index (χ0) is 20.6. The maximum atomic E-state index is 13.0. The lowest BCUT2D eigenvalue weighted by Crippen LogP contribution is -2.54. The number of carboxylic acids is 1. The molecule has 0 unspecified atom stereocenters. The minimum Gasteiger partial charge on any atom is -0.481 e. The van der Waals surface area contributed by atoms with Gasteiger partial charge in [0.15, 0.2) is 0 Å². The molecule has 1 aliphatic carbocycles. The Bertz CT molecular complexity index is 550. The van der Waals surface area contributed by atoms with Crippen molar-refractivity contribution >= 4 is 23.9 Å². The fourth-order valence-corrected chi connectivity index (χ4v) is 2.97. The third-order valence-electron chi connectivity index (χ3n) is 4.02. The quantitative estimate of drug-likeness (QED) is 0.609.